The fraction of sp³-hybridized carbons (Fsp3) is 0.533. The Hall–Kier alpha value is -1.51. The van der Waals surface area contributed by atoms with E-state index >= 15 is 0 Å². The van der Waals surface area contributed by atoms with Crippen LogP contribution < -0.4 is 0 Å². The maximum atomic E-state index is 12.1. The van der Waals surface area contributed by atoms with Crippen molar-refractivity contribution in [1.29, 1.82) is 0 Å². The van der Waals surface area contributed by atoms with Gasteiger partial charge in [0.05, 0.1) is 6.42 Å². The van der Waals surface area contributed by atoms with E-state index < -0.39 is 0 Å². The molecule has 0 spiro atoms. The van der Waals surface area contributed by atoms with Crippen LogP contribution in [0.1, 0.15) is 31.7 Å². The Morgan fingerprint density at radius 3 is 2.94 bits per heavy atom. The molecule has 1 aliphatic rings. The standard InChI is InChI=1S/C15H21NO2/c1-2-5-12-8-9-16(11-12)15(18)10-13-6-3-4-7-14(13)17/h3-4,6-7,12,17H,2,5,8-11H2,1H3. The Labute approximate surface area is 108 Å². The van der Waals surface area contributed by atoms with Gasteiger partial charge in [-0.3, -0.25) is 4.79 Å². The fourth-order valence-electron chi connectivity index (χ4n) is 2.64. The Bertz CT molecular complexity index is 417. The smallest absolute Gasteiger partial charge is 0.227 e. The van der Waals surface area contributed by atoms with Crippen LogP contribution in [0.15, 0.2) is 24.3 Å². The molecule has 2 rings (SSSR count). The maximum absolute atomic E-state index is 12.1. The van der Waals surface area contributed by atoms with E-state index in [-0.39, 0.29) is 11.7 Å². The van der Waals surface area contributed by atoms with Crippen molar-refractivity contribution in [3.8, 4) is 5.75 Å². The second-order valence-electron chi connectivity index (χ2n) is 5.09. The number of rotatable bonds is 4. The van der Waals surface area contributed by atoms with Crippen LogP contribution in [0.25, 0.3) is 0 Å². The average molecular weight is 247 g/mol. The lowest BCUT2D eigenvalue weighted by atomic mass is 10.0. The van der Waals surface area contributed by atoms with E-state index in [0.717, 1.165) is 25.1 Å². The Balaban J connectivity index is 1.91. The number of hydrogen-bond acceptors (Lipinski definition) is 2. The molecular weight excluding hydrogens is 226 g/mol. The first-order valence-corrected chi connectivity index (χ1v) is 6.75. The van der Waals surface area contributed by atoms with Gasteiger partial charge in [0.25, 0.3) is 0 Å². The Kier molecular flexibility index (Phi) is 4.24. The number of phenols is 1. The summed E-state index contributed by atoms with van der Waals surface area (Å²) in [6, 6.07) is 7.07. The average Bonchev–Trinajstić information content (AvgIpc) is 2.81. The van der Waals surface area contributed by atoms with Crippen LogP contribution in [0.2, 0.25) is 0 Å². The normalized spacial score (nSPS) is 19.2. The first kappa shape index (κ1) is 12.9. The van der Waals surface area contributed by atoms with Gasteiger partial charge in [-0.25, -0.2) is 0 Å². The number of amides is 1. The lowest BCUT2D eigenvalue weighted by Crippen LogP contribution is -2.30. The second kappa shape index (κ2) is 5.89. The van der Waals surface area contributed by atoms with Gasteiger partial charge in [0, 0.05) is 18.7 Å². The van der Waals surface area contributed by atoms with Gasteiger partial charge in [0.2, 0.25) is 5.91 Å². The van der Waals surface area contributed by atoms with Crippen molar-refractivity contribution in [3.05, 3.63) is 29.8 Å². The molecule has 1 aromatic carbocycles. The van der Waals surface area contributed by atoms with Crippen molar-refractivity contribution in [2.45, 2.75) is 32.6 Å². The van der Waals surface area contributed by atoms with E-state index in [1.165, 1.54) is 12.8 Å². The zero-order valence-electron chi connectivity index (χ0n) is 10.9. The number of para-hydroxylation sites is 1. The van der Waals surface area contributed by atoms with E-state index in [4.69, 9.17) is 0 Å². The third-order valence-electron chi connectivity index (χ3n) is 3.67. The van der Waals surface area contributed by atoms with Crippen LogP contribution in [-0.4, -0.2) is 29.0 Å². The highest BCUT2D eigenvalue weighted by Gasteiger charge is 2.25. The van der Waals surface area contributed by atoms with Gasteiger partial charge in [-0.2, -0.15) is 0 Å². The van der Waals surface area contributed by atoms with Crippen LogP contribution in [-0.2, 0) is 11.2 Å². The molecule has 1 fully saturated rings. The predicted octanol–water partition coefficient (Wildman–Crippen LogP) is 2.58. The molecule has 1 saturated heterocycles. The second-order valence-corrected chi connectivity index (χ2v) is 5.09. The number of aromatic hydroxyl groups is 1. The molecule has 1 aromatic rings. The molecule has 1 heterocycles. The van der Waals surface area contributed by atoms with Crippen LogP contribution >= 0.6 is 0 Å². The van der Waals surface area contributed by atoms with E-state index in [1.807, 2.05) is 17.0 Å². The quantitative estimate of drug-likeness (QED) is 0.888. The summed E-state index contributed by atoms with van der Waals surface area (Å²) in [5, 5.41) is 9.67. The molecular formula is C15H21NO2. The minimum absolute atomic E-state index is 0.134. The molecule has 18 heavy (non-hydrogen) atoms. The lowest BCUT2D eigenvalue weighted by Gasteiger charge is -2.16. The molecule has 0 aliphatic carbocycles. The summed E-state index contributed by atoms with van der Waals surface area (Å²) in [7, 11) is 0. The van der Waals surface area contributed by atoms with Gasteiger partial charge in [0.15, 0.2) is 0 Å². The molecule has 0 bridgehead atoms. The summed E-state index contributed by atoms with van der Waals surface area (Å²) in [5.74, 6) is 1.02. The largest absolute Gasteiger partial charge is 0.508 e. The molecule has 98 valence electrons. The van der Waals surface area contributed by atoms with E-state index in [1.54, 1.807) is 12.1 Å². The van der Waals surface area contributed by atoms with E-state index in [9.17, 15) is 9.90 Å². The van der Waals surface area contributed by atoms with Crippen molar-refractivity contribution in [2.24, 2.45) is 5.92 Å². The number of hydrogen-bond donors (Lipinski definition) is 1. The minimum atomic E-state index is 0.134. The van der Waals surface area contributed by atoms with Crippen LogP contribution in [0, 0.1) is 5.92 Å². The third kappa shape index (κ3) is 3.03. The number of carbonyl (C=O) groups excluding carboxylic acids is 1. The van der Waals surface area contributed by atoms with Crippen molar-refractivity contribution < 1.29 is 9.90 Å². The van der Waals surface area contributed by atoms with Crippen molar-refractivity contribution >= 4 is 5.91 Å². The summed E-state index contributed by atoms with van der Waals surface area (Å²) < 4.78 is 0. The molecule has 1 amide bonds. The summed E-state index contributed by atoms with van der Waals surface area (Å²) in [6.45, 7) is 3.95. The van der Waals surface area contributed by atoms with E-state index in [0.29, 0.717) is 12.3 Å². The summed E-state index contributed by atoms with van der Waals surface area (Å²) in [6.07, 6.45) is 3.83. The van der Waals surface area contributed by atoms with Crippen LogP contribution in [0.5, 0.6) is 5.75 Å². The first-order chi connectivity index (χ1) is 8.70. The number of nitrogens with zero attached hydrogens (tertiary/aromatic N) is 1. The summed E-state index contributed by atoms with van der Waals surface area (Å²) in [4.78, 5) is 14.1. The monoisotopic (exact) mass is 247 g/mol. The fourth-order valence-corrected chi connectivity index (χ4v) is 2.64. The molecule has 1 atom stereocenters. The van der Waals surface area contributed by atoms with Gasteiger partial charge in [-0.1, -0.05) is 31.5 Å². The number of phenolic OH excluding ortho intramolecular Hbond substituents is 1. The SMILES string of the molecule is CCCC1CCN(C(=O)Cc2ccccc2O)C1. The first-order valence-electron chi connectivity index (χ1n) is 6.75. The maximum Gasteiger partial charge on any atom is 0.227 e. The highest BCUT2D eigenvalue weighted by Crippen LogP contribution is 2.23. The topological polar surface area (TPSA) is 40.5 Å². The third-order valence-corrected chi connectivity index (χ3v) is 3.67. The molecule has 0 radical (unpaired) electrons. The molecule has 1 aliphatic heterocycles. The molecule has 0 aromatic heterocycles. The van der Waals surface area contributed by atoms with Gasteiger partial charge in [-0.05, 0) is 24.8 Å². The number of likely N-dealkylation sites (tertiary alicyclic amines) is 1. The zero-order valence-corrected chi connectivity index (χ0v) is 10.9. The highest BCUT2D eigenvalue weighted by molar-refractivity contribution is 5.79. The van der Waals surface area contributed by atoms with Gasteiger partial charge < -0.3 is 10.0 Å². The van der Waals surface area contributed by atoms with Crippen LogP contribution in [0.4, 0.5) is 0 Å². The molecule has 1 unspecified atom stereocenters. The van der Waals surface area contributed by atoms with Crippen LogP contribution in [0.3, 0.4) is 0 Å². The van der Waals surface area contributed by atoms with Crippen molar-refractivity contribution in [3.63, 3.8) is 0 Å². The van der Waals surface area contributed by atoms with Crippen molar-refractivity contribution in [1.82, 2.24) is 4.90 Å². The molecule has 3 nitrogen and oxygen atoms in total. The van der Waals surface area contributed by atoms with Gasteiger partial charge in [0.1, 0.15) is 5.75 Å². The highest BCUT2D eigenvalue weighted by atomic mass is 16.3. The zero-order chi connectivity index (χ0) is 13.0. The Morgan fingerprint density at radius 2 is 2.22 bits per heavy atom. The predicted molar refractivity (Wildman–Crippen MR) is 71.4 cm³/mol. The Morgan fingerprint density at radius 1 is 1.44 bits per heavy atom. The van der Waals surface area contributed by atoms with Gasteiger partial charge in [-0.15, -0.1) is 0 Å². The van der Waals surface area contributed by atoms with Crippen molar-refractivity contribution in [2.75, 3.05) is 13.1 Å². The van der Waals surface area contributed by atoms with Gasteiger partial charge >= 0.3 is 0 Å². The van der Waals surface area contributed by atoms with E-state index in [2.05, 4.69) is 6.92 Å². The number of carbonyl (C=O) groups is 1. The number of benzene rings is 1. The summed E-state index contributed by atoms with van der Waals surface area (Å²) >= 11 is 0. The summed E-state index contributed by atoms with van der Waals surface area (Å²) in [5.41, 5.74) is 0.724. The lowest BCUT2D eigenvalue weighted by molar-refractivity contribution is -0.129. The molecule has 3 heteroatoms. The molecule has 0 saturated carbocycles. The minimum Gasteiger partial charge on any atom is -0.508 e. The molecule has 1 N–H and O–H groups in total.